The van der Waals surface area contributed by atoms with Crippen LogP contribution in [0.4, 0.5) is 22.4 Å². The lowest BCUT2D eigenvalue weighted by Crippen LogP contribution is -2.26. The van der Waals surface area contributed by atoms with E-state index in [0.717, 1.165) is 4.68 Å². The van der Waals surface area contributed by atoms with Crippen molar-refractivity contribution < 1.29 is 37.0 Å². The summed E-state index contributed by atoms with van der Waals surface area (Å²) in [5, 5.41) is 12.9. The van der Waals surface area contributed by atoms with Crippen LogP contribution in [0.1, 0.15) is 34.1 Å². The van der Waals surface area contributed by atoms with Gasteiger partial charge in [-0.15, -0.1) is 4.99 Å². The fourth-order valence-electron chi connectivity index (χ4n) is 4.66. The number of aromatic nitrogens is 4. The van der Waals surface area contributed by atoms with Crippen LogP contribution in [0.25, 0.3) is 17.2 Å². The Hall–Kier alpha value is -4.46. The zero-order valence-electron chi connectivity index (χ0n) is 22.1. The van der Waals surface area contributed by atoms with Gasteiger partial charge in [0.25, 0.3) is 0 Å². The number of ether oxygens (including phenoxy) is 1. The van der Waals surface area contributed by atoms with Crippen LogP contribution < -0.4 is 10.4 Å². The van der Waals surface area contributed by atoms with Gasteiger partial charge in [-0.2, -0.15) is 18.3 Å². The van der Waals surface area contributed by atoms with Crippen molar-refractivity contribution in [1.82, 2.24) is 18.9 Å². The van der Waals surface area contributed by atoms with E-state index >= 15 is 0 Å². The number of hydrogen-bond donors (Lipinski definition) is 1. The first-order valence-electron chi connectivity index (χ1n) is 12.5. The highest BCUT2D eigenvalue weighted by Gasteiger charge is 2.39. The maximum atomic E-state index is 14.1. The van der Waals surface area contributed by atoms with Crippen LogP contribution in [-0.2, 0) is 26.3 Å². The van der Waals surface area contributed by atoms with Crippen LogP contribution in [0.15, 0.2) is 64.0 Å². The molecule has 0 spiro atoms. The van der Waals surface area contributed by atoms with E-state index < -0.39 is 29.6 Å². The summed E-state index contributed by atoms with van der Waals surface area (Å²) in [5.74, 6) is -0.996. The largest absolute Gasteiger partial charge is 0.487 e. The molecule has 2 aromatic carbocycles. The summed E-state index contributed by atoms with van der Waals surface area (Å²) in [7, 11) is 1.59. The Kier molecular flexibility index (Phi) is 7.66. The number of hydrogen-bond acceptors (Lipinski definition) is 4. The Bertz CT molecular complexity index is 1830. The molecule has 2 aromatic heterocycles. The second-order valence-electron chi connectivity index (χ2n) is 9.46. The van der Waals surface area contributed by atoms with Gasteiger partial charge in [-0.05, 0) is 64.3 Å². The average Bonchev–Trinajstić information content (AvgIpc) is 3.52. The Balaban J connectivity index is 1.70. The van der Waals surface area contributed by atoms with Crippen LogP contribution in [0.3, 0.4) is 0 Å². The third-order valence-electron chi connectivity index (χ3n) is 6.58. The number of ketones is 1. The second-order valence-corrected chi connectivity index (χ2v) is 10.3. The van der Waals surface area contributed by atoms with Crippen LogP contribution in [-0.4, -0.2) is 42.5 Å². The van der Waals surface area contributed by atoms with Crippen LogP contribution >= 0.6 is 15.9 Å². The molecule has 0 fully saturated rings. The lowest BCUT2D eigenvalue weighted by Gasteiger charge is -2.23. The van der Waals surface area contributed by atoms with E-state index in [1.807, 2.05) is 0 Å². The second kappa shape index (κ2) is 11.1. The van der Waals surface area contributed by atoms with Crippen LogP contribution in [0, 0.1) is 5.82 Å². The molecule has 1 aliphatic heterocycles. The number of benzene rings is 2. The molecular weight excluding hydrogens is 626 g/mol. The van der Waals surface area contributed by atoms with Gasteiger partial charge in [0, 0.05) is 48.9 Å². The van der Waals surface area contributed by atoms with Crippen molar-refractivity contribution in [2.75, 3.05) is 6.61 Å². The molecule has 0 atom stereocenters. The smallest absolute Gasteiger partial charge is 0.435 e. The first-order valence-corrected chi connectivity index (χ1v) is 13.3. The predicted molar refractivity (Wildman–Crippen MR) is 146 cm³/mol. The Labute approximate surface area is 244 Å². The minimum atomic E-state index is -4.79. The number of nitrogens with zero attached hydrogens (tertiary/aromatic N) is 5. The molecule has 5 rings (SSSR count). The molecule has 3 heterocycles. The summed E-state index contributed by atoms with van der Waals surface area (Å²) in [5.41, 5.74) is -0.184. The predicted octanol–water partition coefficient (Wildman–Crippen LogP) is 5.92. The summed E-state index contributed by atoms with van der Waals surface area (Å²) >= 11 is 3.11. The fraction of sp³-hybridized carbons (Fsp3) is 0.214. The minimum absolute atomic E-state index is 0.0136. The highest BCUT2D eigenvalue weighted by molar-refractivity contribution is 9.10. The molecule has 1 amide bonds. The SMILES string of the molecule is CCn1cc(-c2cc(Cn3ccn(C)c3=NC(=O)O)cc3c2OC/C(=C\c2ccc(F)c(Br)c2)C3=O)c(C(F)(F)F)n1. The van der Waals surface area contributed by atoms with Gasteiger partial charge in [-0.25, -0.2) is 9.18 Å². The molecule has 42 heavy (non-hydrogen) atoms. The van der Waals surface area contributed by atoms with Crippen molar-refractivity contribution in [2.24, 2.45) is 12.0 Å². The number of halogens is 5. The number of aryl methyl sites for hydroxylation is 2. The molecule has 0 aliphatic carbocycles. The van der Waals surface area contributed by atoms with E-state index in [1.165, 1.54) is 51.7 Å². The number of carboxylic acid groups (broad SMARTS) is 1. The number of alkyl halides is 3. The molecule has 1 aliphatic rings. The summed E-state index contributed by atoms with van der Waals surface area (Å²) < 4.78 is 66.2. The number of imidazole rings is 1. The van der Waals surface area contributed by atoms with Gasteiger partial charge in [0.15, 0.2) is 11.5 Å². The topological polar surface area (TPSA) is 104 Å². The zero-order chi connectivity index (χ0) is 30.3. The number of rotatable bonds is 5. The van der Waals surface area contributed by atoms with Crippen molar-refractivity contribution in [3.63, 3.8) is 0 Å². The number of carbonyl (C=O) groups is 2. The van der Waals surface area contributed by atoms with Gasteiger partial charge in [0.05, 0.1) is 16.6 Å². The summed E-state index contributed by atoms with van der Waals surface area (Å²) in [6, 6.07) is 7.16. The first kappa shape index (κ1) is 29.0. The summed E-state index contributed by atoms with van der Waals surface area (Å²) in [6.07, 6.45) is -0.312. The van der Waals surface area contributed by atoms with Crippen LogP contribution in [0.5, 0.6) is 5.75 Å². The molecule has 0 radical (unpaired) electrons. The number of Topliss-reactive ketones (excluding diaryl/α,β-unsaturated/α-hetero) is 1. The van der Waals surface area contributed by atoms with Gasteiger partial charge in [-0.1, -0.05) is 6.07 Å². The van der Waals surface area contributed by atoms with Crippen molar-refractivity contribution >= 4 is 33.9 Å². The molecule has 0 unspecified atom stereocenters. The fourth-order valence-corrected chi connectivity index (χ4v) is 5.05. The van der Waals surface area contributed by atoms with E-state index in [2.05, 4.69) is 26.0 Å². The maximum Gasteiger partial charge on any atom is 0.435 e. The Morgan fingerprint density at radius 2 is 1.93 bits per heavy atom. The van der Waals surface area contributed by atoms with Gasteiger partial charge >= 0.3 is 12.3 Å². The normalized spacial score (nSPS) is 14.8. The van der Waals surface area contributed by atoms with Gasteiger partial charge in [0.2, 0.25) is 5.62 Å². The van der Waals surface area contributed by atoms with Crippen LogP contribution in [0.2, 0.25) is 0 Å². The third-order valence-corrected chi connectivity index (χ3v) is 7.18. The third kappa shape index (κ3) is 5.66. The quantitative estimate of drug-likeness (QED) is 0.214. The molecule has 218 valence electrons. The van der Waals surface area contributed by atoms with Gasteiger partial charge < -0.3 is 19.0 Å². The lowest BCUT2D eigenvalue weighted by atomic mass is 9.91. The first-order chi connectivity index (χ1) is 19.8. The molecule has 14 heteroatoms. The van der Waals surface area contributed by atoms with E-state index in [0.29, 0.717) is 11.1 Å². The minimum Gasteiger partial charge on any atom is -0.487 e. The lowest BCUT2D eigenvalue weighted by molar-refractivity contribution is -0.141. The van der Waals surface area contributed by atoms with Crippen molar-refractivity contribution in [2.45, 2.75) is 26.2 Å². The van der Waals surface area contributed by atoms with Gasteiger partial charge in [0.1, 0.15) is 18.2 Å². The summed E-state index contributed by atoms with van der Waals surface area (Å²) in [4.78, 5) is 28.6. The van der Waals surface area contributed by atoms with Crippen molar-refractivity contribution in [3.05, 3.63) is 92.8 Å². The van der Waals surface area contributed by atoms with E-state index in [4.69, 9.17) is 4.74 Å². The molecule has 0 saturated heterocycles. The maximum absolute atomic E-state index is 14.1. The molecule has 0 saturated carbocycles. The number of carbonyl (C=O) groups excluding carboxylic acids is 1. The van der Waals surface area contributed by atoms with Gasteiger partial charge in [-0.3, -0.25) is 9.48 Å². The molecule has 1 N–H and O–H groups in total. The van der Waals surface area contributed by atoms with Crippen molar-refractivity contribution in [1.29, 1.82) is 0 Å². The molecular formula is C28H22BrF4N5O4. The molecule has 9 nitrogen and oxygen atoms in total. The Morgan fingerprint density at radius 1 is 1.19 bits per heavy atom. The molecule has 0 bridgehead atoms. The Morgan fingerprint density at radius 3 is 2.60 bits per heavy atom. The van der Waals surface area contributed by atoms with E-state index in [1.54, 1.807) is 26.4 Å². The summed E-state index contributed by atoms with van der Waals surface area (Å²) in [6.45, 7) is 1.57. The monoisotopic (exact) mass is 647 g/mol. The van der Waals surface area contributed by atoms with E-state index in [-0.39, 0.29) is 57.8 Å². The highest BCUT2D eigenvalue weighted by atomic mass is 79.9. The number of fused-ring (bicyclic) bond motifs is 1. The standard InChI is InChI=1S/C28H22BrF4N5O4/c1-3-38-13-20(25(35-38)28(31,32)33)18-9-16(12-37-7-6-36(2)26(37)34-27(40)41)10-19-23(39)17(14-42-24(18)19)8-15-4-5-22(30)21(29)11-15/h4-11,13H,3,12,14H2,1-2H3,(H,40,41)/b17-8+,34-26?. The van der Waals surface area contributed by atoms with Crippen molar-refractivity contribution in [3.8, 4) is 16.9 Å². The highest BCUT2D eigenvalue weighted by Crippen LogP contribution is 2.44. The zero-order valence-corrected chi connectivity index (χ0v) is 23.7. The molecule has 4 aromatic rings. The average molecular weight is 648 g/mol. The number of amides is 1. The van der Waals surface area contributed by atoms with E-state index in [9.17, 15) is 32.3 Å².